The zero-order valence-electron chi connectivity index (χ0n) is 12.9. The molecule has 0 unspecified atom stereocenters. The molecule has 0 atom stereocenters. The quantitative estimate of drug-likeness (QED) is 0.578. The van der Waals surface area contributed by atoms with Gasteiger partial charge in [0.25, 0.3) is 0 Å². The highest BCUT2D eigenvalue weighted by atomic mass is 19.1. The van der Waals surface area contributed by atoms with Gasteiger partial charge in [-0.2, -0.15) is 0 Å². The molecule has 0 radical (unpaired) electrons. The molecule has 0 saturated heterocycles. The Morgan fingerprint density at radius 1 is 0.875 bits per heavy atom. The first-order chi connectivity index (χ1) is 11.8. The Kier molecular flexibility index (Phi) is 3.71. The molecule has 0 aliphatic carbocycles. The van der Waals surface area contributed by atoms with Gasteiger partial charge in [0.2, 0.25) is 0 Å². The first-order valence-electron chi connectivity index (χ1n) is 7.71. The van der Waals surface area contributed by atoms with Gasteiger partial charge in [-0.15, -0.1) is 0 Å². The third-order valence-electron chi connectivity index (χ3n) is 3.87. The summed E-state index contributed by atoms with van der Waals surface area (Å²) in [5, 5.41) is 0. The lowest BCUT2D eigenvalue weighted by molar-refractivity contribution is 0.306. The summed E-state index contributed by atoms with van der Waals surface area (Å²) < 4.78 is 18.7. The minimum atomic E-state index is -0.273. The van der Waals surface area contributed by atoms with E-state index >= 15 is 0 Å². The van der Waals surface area contributed by atoms with Crippen molar-refractivity contribution in [2.75, 3.05) is 0 Å². The second kappa shape index (κ2) is 6.16. The summed E-state index contributed by atoms with van der Waals surface area (Å²) >= 11 is 0. The monoisotopic (exact) mass is 318 g/mol. The summed E-state index contributed by atoms with van der Waals surface area (Å²) in [6.07, 6.45) is 0. The zero-order chi connectivity index (χ0) is 16.4. The Hall–Kier alpha value is -3.14. The molecule has 1 aromatic heterocycles. The molecule has 0 bridgehead atoms. The van der Waals surface area contributed by atoms with Crippen LogP contribution in [0.15, 0.2) is 72.8 Å². The summed E-state index contributed by atoms with van der Waals surface area (Å²) in [6, 6.07) is 21.9. The van der Waals surface area contributed by atoms with Crippen molar-refractivity contribution in [2.45, 2.75) is 6.61 Å². The number of hydrogen-bond acceptors (Lipinski definition) is 2. The fraction of sp³-hybridized carbons (Fsp3) is 0.0500. The van der Waals surface area contributed by atoms with E-state index in [1.165, 1.54) is 12.1 Å². The molecule has 1 heterocycles. The zero-order valence-corrected chi connectivity index (χ0v) is 12.9. The molecular formula is C20H15FN2O. The summed E-state index contributed by atoms with van der Waals surface area (Å²) in [7, 11) is 0. The maximum Gasteiger partial charge on any atom is 0.138 e. The minimum Gasteiger partial charge on any atom is -0.489 e. The molecule has 4 heteroatoms. The molecular weight excluding hydrogens is 303 g/mol. The van der Waals surface area contributed by atoms with Gasteiger partial charge in [-0.1, -0.05) is 36.4 Å². The van der Waals surface area contributed by atoms with Gasteiger partial charge >= 0.3 is 0 Å². The molecule has 3 nitrogen and oxygen atoms in total. The van der Waals surface area contributed by atoms with Crippen LogP contribution in [0, 0.1) is 5.82 Å². The van der Waals surface area contributed by atoms with Crippen LogP contribution in [0.4, 0.5) is 4.39 Å². The van der Waals surface area contributed by atoms with Crippen LogP contribution in [-0.4, -0.2) is 9.97 Å². The molecule has 0 fully saturated rings. The van der Waals surface area contributed by atoms with Gasteiger partial charge in [0, 0.05) is 11.1 Å². The second-order valence-corrected chi connectivity index (χ2v) is 5.50. The standard InChI is InChI=1S/C20H15FN2O/c21-15-9-11-16(12-10-15)24-13-14-5-1-2-6-17(14)20-22-18-7-3-4-8-19(18)23-20/h1-12H,13H2,(H,22,23). The predicted octanol–water partition coefficient (Wildman–Crippen LogP) is 4.95. The van der Waals surface area contributed by atoms with Crippen molar-refractivity contribution in [1.82, 2.24) is 9.97 Å². The van der Waals surface area contributed by atoms with Crippen LogP contribution >= 0.6 is 0 Å². The molecule has 118 valence electrons. The first-order valence-corrected chi connectivity index (χ1v) is 7.71. The summed E-state index contributed by atoms with van der Waals surface area (Å²) in [6.45, 7) is 0.388. The predicted molar refractivity (Wildman–Crippen MR) is 92.3 cm³/mol. The lowest BCUT2D eigenvalue weighted by atomic mass is 10.1. The Balaban J connectivity index is 1.63. The SMILES string of the molecule is Fc1ccc(OCc2ccccc2-c2nc3ccccc3[nH]2)cc1. The van der Waals surface area contributed by atoms with E-state index in [0.717, 1.165) is 28.0 Å². The largest absolute Gasteiger partial charge is 0.489 e. The maximum atomic E-state index is 13.0. The second-order valence-electron chi connectivity index (χ2n) is 5.50. The van der Waals surface area contributed by atoms with E-state index in [1.807, 2.05) is 48.5 Å². The minimum absolute atomic E-state index is 0.273. The first kappa shape index (κ1) is 14.5. The summed E-state index contributed by atoms with van der Waals surface area (Å²) in [5.41, 5.74) is 3.94. The number of benzene rings is 3. The Morgan fingerprint density at radius 3 is 2.46 bits per heavy atom. The number of fused-ring (bicyclic) bond motifs is 1. The van der Waals surface area contributed by atoms with Crippen molar-refractivity contribution < 1.29 is 9.13 Å². The number of aromatic amines is 1. The van der Waals surface area contributed by atoms with E-state index in [-0.39, 0.29) is 5.82 Å². The lowest BCUT2D eigenvalue weighted by Crippen LogP contribution is -1.98. The highest BCUT2D eigenvalue weighted by Gasteiger charge is 2.10. The molecule has 3 aromatic carbocycles. The molecule has 4 aromatic rings. The maximum absolute atomic E-state index is 13.0. The van der Waals surface area contributed by atoms with E-state index in [4.69, 9.17) is 4.74 Å². The normalized spacial score (nSPS) is 10.9. The fourth-order valence-corrected chi connectivity index (χ4v) is 2.65. The van der Waals surface area contributed by atoms with Crippen LogP contribution < -0.4 is 4.74 Å². The fourth-order valence-electron chi connectivity index (χ4n) is 2.65. The summed E-state index contributed by atoms with van der Waals surface area (Å²) in [4.78, 5) is 7.99. The van der Waals surface area contributed by atoms with E-state index < -0.39 is 0 Å². The van der Waals surface area contributed by atoms with Crippen molar-refractivity contribution in [3.05, 3.63) is 84.2 Å². The van der Waals surface area contributed by atoms with E-state index in [1.54, 1.807) is 12.1 Å². The van der Waals surface area contributed by atoms with E-state index in [0.29, 0.717) is 12.4 Å². The highest BCUT2D eigenvalue weighted by Crippen LogP contribution is 2.25. The number of ether oxygens (including phenoxy) is 1. The average molecular weight is 318 g/mol. The number of nitrogens with one attached hydrogen (secondary N) is 1. The molecule has 0 spiro atoms. The summed E-state index contributed by atoms with van der Waals surface area (Å²) in [5.74, 6) is 1.18. The molecule has 0 aliphatic heterocycles. The molecule has 0 aliphatic rings. The molecule has 0 saturated carbocycles. The molecule has 1 N–H and O–H groups in total. The van der Waals surface area contributed by atoms with Gasteiger partial charge in [-0.05, 0) is 36.4 Å². The van der Waals surface area contributed by atoms with Crippen LogP contribution in [0.5, 0.6) is 5.75 Å². The number of halogens is 1. The molecule has 0 amide bonds. The average Bonchev–Trinajstić information content (AvgIpc) is 3.05. The van der Waals surface area contributed by atoms with Gasteiger partial charge in [0.05, 0.1) is 11.0 Å². The van der Waals surface area contributed by atoms with Crippen molar-refractivity contribution in [1.29, 1.82) is 0 Å². The topological polar surface area (TPSA) is 37.9 Å². The van der Waals surface area contributed by atoms with Crippen molar-refractivity contribution in [3.8, 4) is 17.1 Å². The number of rotatable bonds is 4. The van der Waals surface area contributed by atoms with Crippen LogP contribution in [-0.2, 0) is 6.61 Å². The van der Waals surface area contributed by atoms with Crippen LogP contribution in [0.1, 0.15) is 5.56 Å². The Labute approximate surface area is 138 Å². The third-order valence-corrected chi connectivity index (χ3v) is 3.87. The Bertz CT molecular complexity index is 943. The van der Waals surface area contributed by atoms with Gasteiger partial charge in [-0.25, -0.2) is 9.37 Å². The number of nitrogens with zero attached hydrogens (tertiary/aromatic N) is 1. The van der Waals surface area contributed by atoms with Crippen molar-refractivity contribution in [3.63, 3.8) is 0 Å². The lowest BCUT2D eigenvalue weighted by Gasteiger charge is -2.09. The van der Waals surface area contributed by atoms with E-state index in [9.17, 15) is 4.39 Å². The van der Waals surface area contributed by atoms with Gasteiger partial charge in [0.1, 0.15) is 24.0 Å². The van der Waals surface area contributed by atoms with E-state index in [2.05, 4.69) is 9.97 Å². The van der Waals surface area contributed by atoms with Gasteiger partial charge in [0.15, 0.2) is 0 Å². The van der Waals surface area contributed by atoms with Crippen LogP contribution in [0.2, 0.25) is 0 Å². The highest BCUT2D eigenvalue weighted by molar-refractivity contribution is 5.79. The number of H-pyrrole nitrogens is 1. The molecule has 24 heavy (non-hydrogen) atoms. The third kappa shape index (κ3) is 2.86. The van der Waals surface area contributed by atoms with Crippen LogP contribution in [0.25, 0.3) is 22.4 Å². The Morgan fingerprint density at radius 2 is 1.62 bits per heavy atom. The number of para-hydroxylation sites is 2. The number of imidazole rings is 1. The van der Waals surface area contributed by atoms with Crippen molar-refractivity contribution >= 4 is 11.0 Å². The van der Waals surface area contributed by atoms with Gasteiger partial charge in [-0.3, -0.25) is 0 Å². The van der Waals surface area contributed by atoms with Gasteiger partial charge < -0.3 is 9.72 Å². The van der Waals surface area contributed by atoms with Crippen molar-refractivity contribution in [2.24, 2.45) is 0 Å². The van der Waals surface area contributed by atoms with Crippen LogP contribution in [0.3, 0.4) is 0 Å². The smallest absolute Gasteiger partial charge is 0.138 e. The molecule has 4 rings (SSSR count). The number of hydrogen-bond donors (Lipinski definition) is 1. The number of aromatic nitrogens is 2.